The molecule has 0 heterocycles. The fraction of sp³-hybridized carbons (Fsp3) is 0.100. The Morgan fingerprint density at radius 2 is 1.45 bits per heavy atom. The number of nitriles is 2. The van der Waals surface area contributed by atoms with Gasteiger partial charge in [0, 0.05) is 33.9 Å². The monoisotopic (exact) mass is 423 g/mol. The largest absolute Gasteiger partial charge is 0.247 e. The summed E-state index contributed by atoms with van der Waals surface area (Å²) in [7, 11) is 0. The maximum atomic E-state index is 9.57. The summed E-state index contributed by atoms with van der Waals surface area (Å²) in [5.74, 6) is 0. The highest BCUT2D eigenvalue weighted by molar-refractivity contribution is 6.15. The van der Waals surface area contributed by atoms with Crippen LogP contribution in [0.5, 0.6) is 0 Å². The van der Waals surface area contributed by atoms with E-state index in [9.17, 15) is 5.26 Å². The lowest BCUT2D eigenvalue weighted by Crippen LogP contribution is -2.20. The molecule has 0 spiro atoms. The van der Waals surface area contributed by atoms with Gasteiger partial charge in [-0.05, 0) is 47.2 Å². The molecule has 0 amide bonds. The number of nitrogens with zero attached hydrogens (tertiary/aromatic N) is 3. The van der Waals surface area contributed by atoms with E-state index in [4.69, 9.17) is 10.3 Å². The van der Waals surface area contributed by atoms with Crippen LogP contribution in [-0.4, -0.2) is 0 Å². The Kier molecular flexibility index (Phi) is 4.89. The Morgan fingerprint density at radius 1 is 0.788 bits per heavy atom. The molecule has 0 bridgehead atoms. The van der Waals surface area contributed by atoms with Crippen molar-refractivity contribution in [1.82, 2.24) is 0 Å². The van der Waals surface area contributed by atoms with E-state index >= 15 is 0 Å². The van der Waals surface area contributed by atoms with Crippen LogP contribution in [0, 0.1) is 22.7 Å². The van der Waals surface area contributed by atoms with Gasteiger partial charge in [0.2, 0.25) is 0 Å². The zero-order chi connectivity index (χ0) is 23.1. The zero-order valence-electron chi connectivity index (χ0n) is 18.8. The second-order valence-electron chi connectivity index (χ2n) is 8.07. The van der Waals surface area contributed by atoms with Crippen molar-refractivity contribution >= 4 is 49.7 Å². The molecule has 0 N–H and O–H groups in total. The first kappa shape index (κ1) is 20.4. The molecule has 5 aromatic rings. The van der Waals surface area contributed by atoms with Crippen molar-refractivity contribution in [3.05, 3.63) is 94.0 Å². The third-order valence-electron chi connectivity index (χ3n) is 6.39. The maximum absolute atomic E-state index is 9.57. The van der Waals surface area contributed by atoms with E-state index in [1.807, 2.05) is 18.2 Å². The third kappa shape index (κ3) is 2.91. The van der Waals surface area contributed by atoms with E-state index in [-0.39, 0.29) is 0 Å². The molecule has 0 fully saturated rings. The number of benzene rings is 4. The van der Waals surface area contributed by atoms with Crippen LogP contribution in [0.3, 0.4) is 0 Å². The molecule has 6 rings (SSSR count). The number of hydrogen-bond donors (Lipinski definition) is 0. The normalized spacial score (nSPS) is 13.5. The summed E-state index contributed by atoms with van der Waals surface area (Å²) >= 11 is 0. The molecule has 1 aliphatic rings. The van der Waals surface area contributed by atoms with Gasteiger partial charge < -0.3 is 0 Å². The summed E-state index contributed by atoms with van der Waals surface area (Å²) in [6, 6.07) is 27.2. The van der Waals surface area contributed by atoms with Crippen LogP contribution in [0.4, 0.5) is 0 Å². The van der Waals surface area contributed by atoms with Crippen LogP contribution in [0.25, 0.3) is 49.7 Å². The van der Waals surface area contributed by atoms with E-state index < -0.39 is 0 Å². The predicted molar refractivity (Wildman–Crippen MR) is 136 cm³/mol. The Labute approximate surface area is 192 Å². The maximum Gasteiger partial charge on any atom is 0.0998 e. The van der Waals surface area contributed by atoms with Crippen LogP contribution < -0.4 is 10.6 Å². The van der Waals surface area contributed by atoms with E-state index in [0.717, 1.165) is 37.8 Å². The molecular formula is C30H21N3. The van der Waals surface area contributed by atoms with Crippen LogP contribution in [-0.2, 0) is 0 Å². The molecule has 0 saturated heterocycles. The fourth-order valence-electron chi connectivity index (χ4n) is 5.05. The van der Waals surface area contributed by atoms with Gasteiger partial charge in [0.15, 0.2) is 0 Å². The van der Waals surface area contributed by atoms with Crippen molar-refractivity contribution < 1.29 is 0 Å². The molecule has 1 aliphatic carbocycles. The lowest BCUT2D eigenvalue weighted by molar-refractivity contribution is 1.38. The topological polar surface area (TPSA) is 59.9 Å². The summed E-state index contributed by atoms with van der Waals surface area (Å²) < 4.78 is 0. The molecule has 3 heteroatoms. The van der Waals surface area contributed by atoms with Gasteiger partial charge in [-0.1, -0.05) is 66.7 Å². The van der Waals surface area contributed by atoms with Gasteiger partial charge in [0.1, 0.15) is 0 Å². The molecule has 0 unspecified atom stereocenters. The van der Waals surface area contributed by atoms with Gasteiger partial charge in [0.25, 0.3) is 0 Å². The van der Waals surface area contributed by atoms with E-state index in [1.165, 1.54) is 34.4 Å². The van der Waals surface area contributed by atoms with Crippen molar-refractivity contribution in [1.29, 1.82) is 10.5 Å². The number of rotatable bonds is 1. The average Bonchev–Trinajstić information content (AvgIpc) is 3.30. The second-order valence-corrected chi connectivity index (χ2v) is 8.07. The highest BCUT2D eigenvalue weighted by Crippen LogP contribution is 2.42. The summed E-state index contributed by atoms with van der Waals surface area (Å²) in [4.78, 5) is 5.29. The highest BCUT2D eigenvalue weighted by Gasteiger charge is 2.21. The molecule has 0 radical (unpaired) electrons. The van der Waals surface area contributed by atoms with Gasteiger partial charge in [-0.15, -0.1) is 0 Å². The van der Waals surface area contributed by atoms with E-state index in [1.54, 1.807) is 6.07 Å². The smallest absolute Gasteiger partial charge is 0.0998 e. The van der Waals surface area contributed by atoms with Gasteiger partial charge in [0.05, 0.1) is 28.8 Å². The summed E-state index contributed by atoms with van der Waals surface area (Å²) in [5.41, 5.74) is 5.43. The third-order valence-corrected chi connectivity index (χ3v) is 6.39. The van der Waals surface area contributed by atoms with Crippen molar-refractivity contribution in [2.45, 2.75) is 20.8 Å². The van der Waals surface area contributed by atoms with Gasteiger partial charge in [-0.25, -0.2) is 4.99 Å². The Bertz CT molecular complexity index is 1800. The quantitative estimate of drug-likeness (QED) is 0.317. The predicted octanol–water partition coefficient (Wildman–Crippen LogP) is 6.31. The lowest BCUT2D eigenvalue weighted by atomic mass is 10.0. The van der Waals surface area contributed by atoms with Crippen LogP contribution in [0.1, 0.15) is 37.5 Å². The summed E-state index contributed by atoms with van der Waals surface area (Å²) in [6.07, 6.45) is 2.14. The fourth-order valence-corrected chi connectivity index (χ4v) is 5.05. The van der Waals surface area contributed by atoms with Gasteiger partial charge >= 0.3 is 0 Å². The molecule has 0 saturated carbocycles. The van der Waals surface area contributed by atoms with Gasteiger partial charge in [-0.3, -0.25) is 0 Å². The van der Waals surface area contributed by atoms with Crippen molar-refractivity contribution in [2.75, 3.05) is 0 Å². The number of allylic oxidation sites excluding steroid dienone is 1. The van der Waals surface area contributed by atoms with Crippen molar-refractivity contribution in [2.24, 2.45) is 4.99 Å². The Morgan fingerprint density at radius 3 is 2.15 bits per heavy atom. The van der Waals surface area contributed by atoms with E-state index in [0.29, 0.717) is 5.56 Å². The first-order valence-corrected chi connectivity index (χ1v) is 10.9. The standard InChI is InChI=1S/C28H18N2.C2H3N/c1-3-19-22-11-6-10-21-18(15-29)13-14-24(26(21)22)28(19)30-27-16(2)20-9-4-7-17-8-5-12-23(27)25(17)20;1-2-3/h3-14H,1-2H3;1H3/b19-3+,30-28?;. The van der Waals surface area contributed by atoms with Crippen LogP contribution in [0.2, 0.25) is 0 Å². The molecule has 33 heavy (non-hydrogen) atoms. The van der Waals surface area contributed by atoms with Crippen LogP contribution in [0.15, 0.2) is 71.7 Å². The lowest BCUT2D eigenvalue weighted by Gasteiger charge is -2.02. The molecule has 156 valence electrons. The SMILES string of the molecule is C/C=c1/c(=NC2=C(C)c3cccc4cccc2c34)c2ccc(C#N)c3cccc1c32.CC#N. The number of hydrogen-bond acceptors (Lipinski definition) is 3. The first-order chi connectivity index (χ1) is 16.1. The second kappa shape index (κ2) is 7.90. The van der Waals surface area contributed by atoms with Crippen molar-refractivity contribution in [3.63, 3.8) is 0 Å². The molecule has 5 aromatic carbocycles. The van der Waals surface area contributed by atoms with Gasteiger partial charge in [-0.2, -0.15) is 10.5 Å². The summed E-state index contributed by atoms with van der Waals surface area (Å²) in [5, 5.41) is 26.0. The first-order valence-electron chi connectivity index (χ1n) is 10.9. The molecule has 3 nitrogen and oxygen atoms in total. The average molecular weight is 424 g/mol. The summed E-state index contributed by atoms with van der Waals surface area (Å²) in [6.45, 7) is 5.66. The molecule has 0 atom stereocenters. The Balaban J connectivity index is 0.000000724. The minimum absolute atomic E-state index is 0.709. The van der Waals surface area contributed by atoms with E-state index in [2.05, 4.69) is 74.5 Å². The van der Waals surface area contributed by atoms with Crippen LogP contribution >= 0.6 is 0 Å². The molecule has 0 aliphatic heterocycles. The highest BCUT2D eigenvalue weighted by atomic mass is 14.8. The minimum atomic E-state index is 0.709. The Hall–Kier alpha value is -4.47. The minimum Gasteiger partial charge on any atom is -0.247 e. The van der Waals surface area contributed by atoms with Crippen molar-refractivity contribution in [3.8, 4) is 12.1 Å². The molecular weight excluding hydrogens is 402 g/mol. The molecule has 0 aromatic heterocycles. The zero-order valence-corrected chi connectivity index (χ0v) is 18.8.